The molecule has 1 rings (SSSR count). The number of rotatable bonds is 5. The normalized spacial score (nSPS) is 29.4. The molecule has 0 aliphatic heterocycles. The van der Waals surface area contributed by atoms with Crippen molar-refractivity contribution >= 4 is 5.78 Å². The van der Waals surface area contributed by atoms with Crippen molar-refractivity contribution in [1.29, 1.82) is 0 Å². The van der Waals surface area contributed by atoms with E-state index in [9.17, 15) is 4.79 Å². The summed E-state index contributed by atoms with van der Waals surface area (Å²) in [6, 6.07) is 0. The van der Waals surface area contributed by atoms with Crippen molar-refractivity contribution in [1.82, 2.24) is 0 Å². The van der Waals surface area contributed by atoms with Crippen LogP contribution in [0, 0.1) is 0 Å². The van der Waals surface area contributed by atoms with Gasteiger partial charge in [-0.3, -0.25) is 4.79 Å². The van der Waals surface area contributed by atoms with E-state index in [1.54, 1.807) is 6.08 Å². The van der Waals surface area contributed by atoms with E-state index in [2.05, 4.69) is 0 Å². The maximum atomic E-state index is 11.7. The zero-order valence-corrected chi connectivity index (χ0v) is 9.53. The smallest absolute Gasteiger partial charge is 0.174 e. The summed E-state index contributed by atoms with van der Waals surface area (Å²) < 4.78 is 11.1. The summed E-state index contributed by atoms with van der Waals surface area (Å²) in [5, 5.41) is 0. The second kappa shape index (κ2) is 5.24. The van der Waals surface area contributed by atoms with E-state index in [-0.39, 0.29) is 11.9 Å². The van der Waals surface area contributed by atoms with E-state index < -0.39 is 5.60 Å². The van der Waals surface area contributed by atoms with Gasteiger partial charge in [0.15, 0.2) is 11.4 Å². The van der Waals surface area contributed by atoms with Gasteiger partial charge in [-0.2, -0.15) is 0 Å². The number of ketones is 1. The number of carbonyl (C=O) groups excluding carboxylic acids is 1. The van der Waals surface area contributed by atoms with Crippen LogP contribution in [0.2, 0.25) is 0 Å². The number of ether oxygens (including phenoxy) is 2. The zero-order chi connectivity index (χ0) is 11.3. The molecule has 0 heterocycles. The highest BCUT2D eigenvalue weighted by molar-refractivity contribution is 5.89. The van der Waals surface area contributed by atoms with E-state index >= 15 is 0 Å². The Balaban J connectivity index is 2.96. The summed E-state index contributed by atoms with van der Waals surface area (Å²) >= 11 is 0. The van der Waals surface area contributed by atoms with E-state index in [0.29, 0.717) is 13.2 Å². The highest BCUT2D eigenvalue weighted by atomic mass is 16.6. The van der Waals surface area contributed by atoms with E-state index in [4.69, 9.17) is 9.47 Å². The molecule has 3 heteroatoms. The third kappa shape index (κ3) is 2.36. The quantitative estimate of drug-likeness (QED) is 0.695. The first-order valence-corrected chi connectivity index (χ1v) is 5.30. The van der Waals surface area contributed by atoms with Gasteiger partial charge >= 0.3 is 0 Å². The number of carbonyl (C=O) groups is 1. The summed E-state index contributed by atoms with van der Waals surface area (Å²) in [4.78, 5) is 11.7. The Kier molecular flexibility index (Phi) is 4.24. The third-order valence-corrected chi connectivity index (χ3v) is 2.44. The summed E-state index contributed by atoms with van der Waals surface area (Å²) in [6.45, 7) is 6.36. The number of hydrogen-bond donors (Lipinski definition) is 0. The molecule has 0 N–H and O–H groups in total. The van der Waals surface area contributed by atoms with Crippen molar-refractivity contribution in [3.63, 3.8) is 0 Å². The van der Waals surface area contributed by atoms with Crippen molar-refractivity contribution in [3.8, 4) is 0 Å². The molecular weight excluding hydrogens is 192 g/mol. The van der Waals surface area contributed by atoms with Gasteiger partial charge in [-0.1, -0.05) is 18.2 Å². The zero-order valence-electron chi connectivity index (χ0n) is 9.53. The van der Waals surface area contributed by atoms with Crippen LogP contribution < -0.4 is 0 Å². The van der Waals surface area contributed by atoms with Crippen LogP contribution in [0.1, 0.15) is 20.8 Å². The van der Waals surface area contributed by atoms with Crippen molar-refractivity contribution in [2.45, 2.75) is 32.5 Å². The first kappa shape index (κ1) is 12.1. The van der Waals surface area contributed by atoms with E-state index in [1.165, 1.54) is 6.92 Å². The Morgan fingerprint density at radius 2 is 2.07 bits per heavy atom. The maximum Gasteiger partial charge on any atom is 0.174 e. The molecule has 1 aliphatic carbocycles. The molecule has 0 fully saturated rings. The van der Waals surface area contributed by atoms with Crippen LogP contribution in [0.15, 0.2) is 24.3 Å². The van der Waals surface area contributed by atoms with Crippen molar-refractivity contribution < 1.29 is 14.3 Å². The Morgan fingerprint density at radius 1 is 1.33 bits per heavy atom. The average molecular weight is 210 g/mol. The molecule has 0 saturated carbocycles. The minimum Gasteiger partial charge on any atom is -0.371 e. The van der Waals surface area contributed by atoms with Gasteiger partial charge in [-0.05, 0) is 26.8 Å². The topological polar surface area (TPSA) is 35.5 Å². The van der Waals surface area contributed by atoms with Crippen LogP contribution in [0.4, 0.5) is 0 Å². The lowest BCUT2D eigenvalue weighted by atomic mass is 9.88. The van der Waals surface area contributed by atoms with Gasteiger partial charge in [0.25, 0.3) is 0 Å². The van der Waals surface area contributed by atoms with E-state index in [1.807, 2.05) is 32.1 Å². The molecule has 84 valence electrons. The third-order valence-electron chi connectivity index (χ3n) is 2.44. The van der Waals surface area contributed by atoms with Crippen LogP contribution in [0.25, 0.3) is 0 Å². The Labute approximate surface area is 90.8 Å². The molecule has 2 unspecified atom stereocenters. The second-order valence-electron chi connectivity index (χ2n) is 3.40. The molecule has 0 aromatic rings. The molecule has 0 aromatic heterocycles. The van der Waals surface area contributed by atoms with Gasteiger partial charge in [-0.15, -0.1) is 0 Å². The second-order valence-corrected chi connectivity index (χ2v) is 3.40. The predicted molar refractivity (Wildman–Crippen MR) is 58.7 cm³/mol. The fraction of sp³-hybridized carbons (Fsp3) is 0.583. The van der Waals surface area contributed by atoms with Gasteiger partial charge < -0.3 is 9.47 Å². The van der Waals surface area contributed by atoms with Gasteiger partial charge in [-0.25, -0.2) is 0 Å². The highest BCUT2D eigenvalue weighted by Gasteiger charge is 2.42. The van der Waals surface area contributed by atoms with E-state index in [0.717, 1.165) is 0 Å². The van der Waals surface area contributed by atoms with Crippen LogP contribution in [0.3, 0.4) is 0 Å². The lowest BCUT2D eigenvalue weighted by Gasteiger charge is -2.35. The molecule has 0 saturated heterocycles. The maximum absolute atomic E-state index is 11.7. The Bertz CT molecular complexity index is 281. The van der Waals surface area contributed by atoms with Crippen molar-refractivity contribution in [3.05, 3.63) is 24.3 Å². The highest BCUT2D eigenvalue weighted by Crippen LogP contribution is 2.26. The summed E-state index contributed by atoms with van der Waals surface area (Å²) in [7, 11) is 0. The van der Waals surface area contributed by atoms with Crippen molar-refractivity contribution in [2.75, 3.05) is 13.2 Å². The molecular formula is C12H18O3. The van der Waals surface area contributed by atoms with Gasteiger partial charge in [0, 0.05) is 13.2 Å². The monoisotopic (exact) mass is 210 g/mol. The molecule has 0 radical (unpaired) electrons. The Hall–Kier alpha value is -0.930. The SMILES string of the molecule is CCOC1C=CC=CC1(OCC)C(C)=O. The first-order valence-electron chi connectivity index (χ1n) is 5.30. The molecule has 2 atom stereocenters. The van der Waals surface area contributed by atoms with Crippen LogP contribution in [-0.2, 0) is 14.3 Å². The summed E-state index contributed by atoms with van der Waals surface area (Å²) in [5.74, 6) is -0.0246. The molecule has 0 spiro atoms. The standard InChI is InChI=1S/C12H18O3/c1-4-14-11-8-6-7-9-12(11,10(3)13)15-5-2/h6-9,11H,4-5H2,1-3H3. The van der Waals surface area contributed by atoms with Crippen molar-refractivity contribution in [2.24, 2.45) is 0 Å². The van der Waals surface area contributed by atoms with Gasteiger partial charge in [0.05, 0.1) is 0 Å². The largest absolute Gasteiger partial charge is 0.371 e. The fourth-order valence-electron chi connectivity index (χ4n) is 1.75. The lowest BCUT2D eigenvalue weighted by molar-refractivity contribution is -0.150. The number of Topliss-reactive ketones (excluding diaryl/α,β-unsaturated/α-hetero) is 1. The van der Waals surface area contributed by atoms with Crippen LogP contribution in [-0.4, -0.2) is 30.7 Å². The average Bonchev–Trinajstić information content (AvgIpc) is 2.21. The number of hydrogen-bond acceptors (Lipinski definition) is 3. The lowest BCUT2D eigenvalue weighted by Crippen LogP contribution is -2.50. The molecule has 3 nitrogen and oxygen atoms in total. The minimum atomic E-state index is -0.931. The molecule has 15 heavy (non-hydrogen) atoms. The van der Waals surface area contributed by atoms with Crippen LogP contribution in [0.5, 0.6) is 0 Å². The fourth-order valence-corrected chi connectivity index (χ4v) is 1.75. The van der Waals surface area contributed by atoms with Gasteiger partial charge in [0.2, 0.25) is 0 Å². The molecule has 0 aromatic carbocycles. The molecule has 0 amide bonds. The Morgan fingerprint density at radius 3 is 2.60 bits per heavy atom. The van der Waals surface area contributed by atoms with Gasteiger partial charge in [0.1, 0.15) is 6.10 Å². The molecule has 0 bridgehead atoms. The summed E-state index contributed by atoms with van der Waals surface area (Å²) in [6.07, 6.45) is 7.03. The predicted octanol–water partition coefficient (Wildman–Crippen LogP) is 1.88. The van der Waals surface area contributed by atoms with Crippen LogP contribution >= 0.6 is 0 Å². The minimum absolute atomic E-state index is 0.0246. The first-order chi connectivity index (χ1) is 7.17. The number of allylic oxidation sites excluding steroid dienone is 2. The summed E-state index contributed by atoms with van der Waals surface area (Å²) in [5.41, 5.74) is -0.931. The molecule has 1 aliphatic rings.